The molecule has 7 nitrogen and oxygen atoms in total. The van der Waals surface area contributed by atoms with Gasteiger partial charge in [-0.1, -0.05) is 42.5 Å². The maximum atomic E-state index is 13.4. The largest absolute Gasteiger partial charge is 0.476 e. The van der Waals surface area contributed by atoms with Gasteiger partial charge in [0.05, 0.1) is 17.1 Å². The zero-order chi connectivity index (χ0) is 24.3. The molecule has 1 amide bonds. The summed E-state index contributed by atoms with van der Waals surface area (Å²) < 4.78 is 33.9. The van der Waals surface area contributed by atoms with Gasteiger partial charge in [-0.2, -0.15) is 0 Å². The molecule has 176 valence electrons. The number of nitrogens with one attached hydrogen (secondary N) is 1. The van der Waals surface area contributed by atoms with E-state index in [1.54, 1.807) is 54.9 Å². The summed E-state index contributed by atoms with van der Waals surface area (Å²) in [4.78, 5) is 17.3. The van der Waals surface area contributed by atoms with Crippen molar-refractivity contribution in [3.8, 4) is 5.75 Å². The Morgan fingerprint density at radius 1 is 0.886 bits per heavy atom. The summed E-state index contributed by atoms with van der Waals surface area (Å²) in [5.41, 5.74) is 3.25. The number of nitrogens with zero attached hydrogens (tertiary/aromatic N) is 2. The Labute approximate surface area is 204 Å². The second-order valence-electron chi connectivity index (χ2n) is 8.14. The molecule has 8 heteroatoms. The van der Waals surface area contributed by atoms with Gasteiger partial charge in [-0.3, -0.25) is 14.1 Å². The maximum absolute atomic E-state index is 13.4. The number of hydrogen-bond acceptors (Lipinski definition) is 5. The number of hydrogen-bond donors (Lipinski definition) is 1. The van der Waals surface area contributed by atoms with Gasteiger partial charge >= 0.3 is 0 Å². The van der Waals surface area contributed by atoms with E-state index in [0.29, 0.717) is 17.1 Å². The average molecular weight is 486 g/mol. The summed E-state index contributed by atoms with van der Waals surface area (Å²) in [7, 11) is -3.88. The van der Waals surface area contributed by atoms with Gasteiger partial charge in [0, 0.05) is 18.1 Å². The van der Waals surface area contributed by atoms with Crippen LogP contribution in [0.15, 0.2) is 108 Å². The number of ether oxygens (including phenoxy) is 1. The minimum Gasteiger partial charge on any atom is -0.476 e. The zero-order valence-corrected chi connectivity index (χ0v) is 19.6. The molecule has 0 unspecified atom stereocenters. The Hall–Kier alpha value is -4.17. The SMILES string of the molecule is O=C(Nc1ccc(Cc2ccncc2)cc1)[C@@H]1CN(S(=O)(=O)c2ccccc2)c2ccccc2O1. The van der Waals surface area contributed by atoms with E-state index in [2.05, 4.69) is 10.3 Å². The van der Waals surface area contributed by atoms with Crippen LogP contribution in [-0.4, -0.2) is 32.0 Å². The van der Waals surface area contributed by atoms with Crippen molar-refractivity contribution in [1.29, 1.82) is 0 Å². The summed E-state index contributed by atoms with van der Waals surface area (Å²) >= 11 is 0. The van der Waals surface area contributed by atoms with E-state index in [1.807, 2.05) is 36.4 Å². The smallest absolute Gasteiger partial charge is 0.267 e. The van der Waals surface area contributed by atoms with Gasteiger partial charge < -0.3 is 10.1 Å². The van der Waals surface area contributed by atoms with Crippen molar-refractivity contribution >= 4 is 27.3 Å². The van der Waals surface area contributed by atoms with Gasteiger partial charge in [-0.25, -0.2) is 8.42 Å². The van der Waals surface area contributed by atoms with Gasteiger partial charge in [0.25, 0.3) is 15.9 Å². The van der Waals surface area contributed by atoms with Gasteiger partial charge in [0.15, 0.2) is 6.10 Å². The van der Waals surface area contributed by atoms with Crippen LogP contribution in [0.1, 0.15) is 11.1 Å². The molecule has 1 atom stereocenters. The normalized spacial score (nSPS) is 15.1. The number of carbonyl (C=O) groups is 1. The molecule has 0 fully saturated rings. The fourth-order valence-electron chi connectivity index (χ4n) is 3.95. The third-order valence-electron chi connectivity index (χ3n) is 5.74. The molecular weight excluding hydrogens is 462 g/mol. The lowest BCUT2D eigenvalue weighted by atomic mass is 10.1. The number of para-hydroxylation sites is 2. The predicted molar refractivity (Wildman–Crippen MR) is 134 cm³/mol. The lowest BCUT2D eigenvalue weighted by Crippen LogP contribution is -2.48. The molecule has 0 saturated carbocycles. The van der Waals surface area contributed by atoms with Gasteiger partial charge in [-0.15, -0.1) is 0 Å². The molecule has 35 heavy (non-hydrogen) atoms. The van der Waals surface area contributed by atoms with Crippen LogP contribution in [0, 0.1) is 0 Å². The molecule has 0 radical (unpaired) electrons. The number of sulfonamides is 1. The third kappa shape index (κ3) is 4.88. The van der Waals surface area contributed by atoms with E-state index >= 15 is 0 Å². The number of aromatic nitrogens is 1. The molecule has 0 bridgehead atoms. The number of pyridine rings is 1. The minimum atomic E-state index is -3.88. The van der Waals surface area contributed by atoms with Crippen LogP contribution in [0.2, 0.25) is 0 Å². The first-order chi connectivity index (χ1) is 17.0. The summed E-state index contributed by atoms with van der Waals surface area (Å²) in [5, 5.41) is 2.85. The van der Waals surface area contributed by atoms with E-state index in [9.17, 15) is 13.2 Å². The molecule has 0 aliphatic carbocycles. The summed E-state index contributed by atoms with van der Waals surface area (Å²) in [5.74, 6) is -0.0826. The molecule has 1 aliphatic heterocycles. The van der Waals surface area contributed by atoms with Crippen molar-refractivity contribution in [1.82, 2.24) is 4.98 Å². The first kappa shape index (κ1) is 22.6. The molecule has 1 aliphatic rings. The van der Waals surface area contributed by atoms with Crippen LogP contribution in [0.3, 0.4) is 0 Å². The van der Waals surface area contributed by atoms with E-state index < -0.39 is 22.0 Å². The van der Waals surface area contributed by atoms with Crippen molar-refractivity contribution in [3.05, 3.63) is 115 Å². The highest BCUT2D eigenvalue weighted by Gasteiger charge is 2.37. The second-order valence-corrected chi connectivity index (χ2v) is 10.0. The Bertz CT molecular complexity index is 1430. The minimum absolute atomic E-state index is 0.139. The maximum Gasteiger partial charge on any atom is 0.267 e. The highest BCUT2D eigenvalue weighted by atomic mass is 32.2. The van der Waals surface area contributed by atoms with Crippen molar-refractivity contribution < 1.29 is 17.9 Å². The molecule has 0 spiro atoms. The summed E-state index contributed by atoms with van der Waals surface area (Å²) in [6.45, 7) is -0.139. The van der Waals surface area contributed by atoms with Crippen LogP contribution in [0.4, 0.5) is 11.4 Å². The molecular formula is C27H23N3O4S. The predicted octanol–water partition coefficient (Wildman–Crippen LogP) is 4.27. The van der Waals surface area contributed by atoms with E-state index in [-0.39, 0.29) is 11.4 Å². The standard InChI is InChI=1S/C27H23N3O4S/c31-27(29-22-12-10-20(11-13-22)18-21-14-16-28-17-15-21)26-19-30(24-8-4-5-9-25(24)34-26)35(32,33)23-6-2-1-3-7-23/h1-17,26H,18-19H2,(H,29,31)/t26-/m0/s1. The summed E-state index contributed by atoms with van der Waals surface area (Å²) in [6, 6.07) is 26.4. The van der Waals surface area contributed by atoms with Crippen LogP contribution in [0.25, 0.3) is 0 Å². The van der Waals surface area contributed by atoms with Crippen LogP contribution >= 0.6 is 0 Å². The number of amides is 1. The van der Waals surface area contributed by atoms with Crippen LogP contribution < -0.4 is 14.4 Å². The number of fused-ring (bicyclic) bond motifs is 1. The monoisotopic (exact) mass is 485 g/mol. The van der Waals surface area contributed by atoms with E-state index in [1.165, 1.54) is 16.4 Å². The molecule has 4 aromatic rings. The van der Waals surface area contributed by atoms with Crippen molar-refractivity contribution in [2.24, 2.45) is 0 Å². The van der Waals surface area contributed by atoms with E-state index in [4.69, 9.17) is 4.74 Å². The van der Waals surface area contributed by atoms with Crippen molar-refractivity contribution in [2.75, 3.05) is 16.2 Å². The Morgan fingerprint density at radius 2 is 1.54 bits per heavy atom. The lowest BCUT2D eigenvalue weighted by molar-refractivity contribution is -0.122. The highest BCUT2D eigenvalue weighted by Crippen LogP contribution is 2.37. The lowest BCUT2D eigenvalue weighted by Gasteiger charge is -2.34. The fraction of sp³-hybridized carbons (Fsp3) is 0.111. The van der Waals surface area contributed by atoms with Crippen molar-refractivity contribution in [3.63, 3.8) is 0 Å². The number of carbonyl (C=O) groups excluding carboxylic acids is 1. The Morgan fingerprint density at radius 3 is 2.29 bits per heavy atom. The van der Waals surface area contributed by atoms with Gasteiger partial charge in [0.1, 0.15) is 5.75 Å². The van der Waals surface area contributed by atoms with Crippen LogP contribution in [-0.2, 0) is 21.2 Å². The average Bonchev–Trinajstić information content (AvgIpc) is 2.90. The van der Waals surface area contributed by atoms with Crippen molar-refractivity contribution in [2.45, 2.75) is 17.4 Å². The number of anilines is 2. The first-order valence-electron chi connectivity index (χ1n) is 11.1. The molecule has 1 aromatic heterocycles. The second kappa shape index (κ2) is 9.60. The third-order valence-corrected chi connectivity index (χ3v) is 7.53. The Balaban J connectivity index is 1.34. The molecule has 2 heterocycles. The number of rotatable bonds is 6. The van der Waals surface area contributed by atoms with Gasteiger partial charge in [0.2, 0.25) is 0 Å². The molecule has 5 rings (SSSR count). The molecule has 3 aromatic carbocycles. The summed E-state index contributed by atoms with van der Waals surface area (Å²) in [6.07, 6.45) is 3.26. The molecule has 1 N–H and O–H groups in total. The van der Waals surface area contributed by atoms with Gasteiger partial charge in [-0.05, 0) is 66.1 Å². The topological polar surface area (TPSA) is 88.6 Å². The quantitative estimate of drug-likeness (QED) is 0.441. The van der Waals surface area contributed by atoms with Crippen LogP contribution in [0.5, 0.6) is 5.75 Å². The number of benzene rings is 3. The zero-order valence-electron chi connectivity index (χ0n) is 18.7. The molecule has 0 saturated heterocycles. The Kier molecular flexibility index (Phi) is 6.20. The highest BCUT2D eigenvalue weighted by molar-refractivity contribution is 7.92. The first-order valence-corrected chi connectivity index (χ1v) is 12.6. The van der Waals surface area contributed by atoms with E-state index in [0.717, 1.165) is 17.5 Å². The fourth-order valence-corrected chi connectivity index (χ4v) is 5.45.